The number of likely N-dealkylation sites (tertiary alicyclic amines) is 2. The monoisotopic (exact) mass is 406 g/mol. The lowest BCUT2D eigenvalue weighted by Crippen LogP contribution is -2.52. The van der Waals surface area contributed by atoms with Gasteiger partial charge in [0, 0.05) is 58.4 Å². The molecule has 0 aromatic rings. The number of carbonyl (C=O) groups excluding carboxylic acids is 1. The highest BCUT2D eigenvalue weighted by atomic mass is 16.5. The molecule has 6 heteroatoms. The maximum absolute atomic E-state index is 12.7. The summed E-state index contributed by atoms with van der Waals surface area (Å²) in [6, 6.07) is 0.553. The van der Waals surface area contributed by atoms with E-state index in [-0.39, 0.29) is 6.03 Å². The van der Waals surface area contributed by atoms with Crippen LogP contribution in [-0.4, -0.2) is 92.3 Å². The summed E-state index contributed by atoms with van der Waals surface area (Å²) in [5, 5.41) is 3.34. The lowest BCUT2D eigenvalue weighted by atomic mass is 9.88. The third-order valence-electron chi connectivity index (χ3n) is 7.68. The Labute approximate surface area is 177 Å². The maximum Gasteiger partial charge on any atom is 0.317 e. The van der Waals surface area contributed by atoms with E-state index in [0.717, 1.165) is 90.0 Å². The van der Waals surface area contributed by atoms with Crippen molar-refractivity contribution >= 4 is 6.03 Å². The fraction of sp³-hybridized carbons (Fsp3) is 0.957. The van der Waals surface area contributed by atoms with Crippen LogP contribution in [0.2, 0.25) is 0 Å². The Balaban J connectivity index is 1.11. The Hall–Kier alpha value is -0.850. The zero-order valence-corrected chi connectivity index (χ0v) is 18.3. The van der Waals surface area contributed by atoms with Crippen molar-refractivity contribution in [1.29, 1.82) is 0 Å². The van der Waals surface area contributed by atoms with E-state index in [0.29, 0.717) is 6.04 Å². The first kappa shape index (κ1) is 21.4. The molecule has 29 heavy (non-hydrogen) atoms. The van der Waals surface area contributed by atoms with Crippen molar-refractivity contribution in [2.45, 2.75) is 63.8 Å². The van der Waals surface area contributed by atoms with Crippen LogP contribution < -0.4 is 5.32 Å². The van der Waals surface area contributed by atoms with Crippen molar-refractivity contribution in [3.63, 3.8) is 0 Å². The minimum Gasteiger partial charge on any atom is -0.379 e. The summed E-state index contributed by atoms with van der Waals surface area (Å²) in [7, 11) is 0. The first-order valence-corrected chi connectivity index (χ1v) is 12.3. The molecule has 1 saturated carbocycles. The molecule has 3 saturated heterocycles. The third-order valence-corrected chi connectivity index (χ3v) is 7.68. The van der Waals surface area contributed by atoms with Gasteiger partial charge in [-0.2, -0.15) is 0 Å². The SMILES string of the molecule is O=C(NC1CCN(CC2CCCCC2)CC1)N1CCC(CN2CCOCC2)CC1. The molecule has 0 unspecified atom stereocenters. The number of nitrogens with zero attached hydrogens (tertiary/aromatic N) is 3. The highest BCUT2D eigenvalue weighted by Crippen LogP contribution is 2.25. The van der Waals surface area contributed by atoms with E-state index in [1.165, 1.54) is 45.2 Å². The largest absolute Gasteiger partial charge is 0.379 e. The Morgan fingerprint density at radius 3 is 1.97 bits per heavy atom. The number of nitrogens with one attached hydrogen (secondary N) is 1. The van der Waals surface area contributed by atoms with Crippen LogP contribution in [0.5, 0.6) is 0 Å². The van der Waals surface area contributed by atoms with Gasteiger partial charge in [0.05, 0.1) is 13.2 Å². The first-order valence-electron chi connectivity index (χ1n) is 12.3. The number of rotatable bonds is 5. The second kappa shape index (κ2) is 11.0. The molecule has 1 N–H and O–H groups in total. The zero-order chi connectivity index (χ0) is 19.9. The fourth-order valence-electron chi connectivity index (χ4n) is 5.73. The van der Waals surface area contributed by atoms with Crippen LogP contribution in [0, 0.1) is 11.8 Å². The maximum atomic E-state index is 12.7. The van der Waals surface area contributed by atoms with E-state index < -0.39 is 0 Å². The van der Waals surface area contributed by atoms with Crippen LogP contribution in [-0.2, 0) is 4.74 Å². The second-order valence-corrected chi connectivity index (χ2v) is 9.87. The summed E-state index contributed by atoms with van der Waals surface area (Å²) >= 11 is 0. The van der Waals surface area contributed by atoms with Gasteiger partial charge in [-0.1, -0.05) is 19.3 Å². The molecule has 0 spiro atoms. The molecule has 3 heterocycles. The molecule has 6 nitrogen and oxygen atoms in total. The smallest absolute Gasteiger partial charge is 0.317 e. The number of urea groups is 1. The van der Waals surface area contributed by atoms with Crippen molar-refractivity contribution in [2.24, 2.45) is 11.8 Å². The summed E-state index contributed by atoms with van der Waals surface area (Å²) in [5.74, 6) is 1.66. The first-order chi connectivity index (χ1) is 14.3. The van der Waals surface area contributed by atoms with Gasteiger partial charge >= 0.3 is 6.03 Å². The third kappa shape index (κ3) is 6.56. The van der Waals surface area contributed by atoms with Gasteiger partial charge in [0.25, 0.3) is 0 Å². The van der Waals surface area contributed by atoms with Crippen LogP contribution in [0.3, 0.4) is 0 Å². The van der Waals surface area contributed by atoms with E-state index in [2.05, 4.69) is 20.0 Å². The molecule has 3 aliphatic heterocycles. The van der Waals surface area contributed by atoms with Crippen molar-refractivity contribution in [2.75, 3.05) is 65.6 Å². The van der Waals surface area contributed by atoms with Gasteiger partial charge < -0.3 is 19.9 Å². The van der Waals surface area contributed by atoms with Crippen molar-refractivity contribution < 1.29 is 9.53 Å². The molecule has 0 radical (unpaired) electrons. The lowest BCUT2D eigenvalue weighted by Gasteiger charge is -2.38. The Morgan fingerprint density at radius 2 is 1.31 bits per heavy atom. The van der Waals surface area contributed by atoms with Gasteiger partial charge in [-0.15, -0.1) is 0 Å². The van der Waals surface area contributed by atoms with Crippen LogP contribution in [0.4, 0.5) is 4.79 Å². The molecule has 4 aliphatic rings. The van der Waals surface area contributed by atoms with Crippen LogP contribution in [0.1, 0.15) is 57.8 Å². The van der Waals surface area contributed by atoms with E-state index in [4.69, 9.17) is 4.74 Å². The molecule has 0 atom stereocenters. The number of piperidine rings is 2. The van der Waals surface area contributed by atoms with Gasteiger partial charge in [-0.05, 0) is 50.4 Å². The predicted octanol–water partition coefficient (Wildman–Crippen LogP) is 2.78. The number of hydrogen-bond donors (Lipinski definition) is 1. The lowest BCUT2D eigenvalue weighted by molar-refractivity contribution is 0.0258. The molecule has 4 rings (SSSR count). The molecule has 0 aromatic heterocycles. The van der Waals surface area contributed by atoms with Gasteiger partial charge in [-0.3, -0.25) is 4.90 Å². The quantitative estimate of drug-likeness (QED) is 0.763. The number of morpholine rings is 1. The summed E-state index contributed by atoms with van der Waals surface area (Å²) in [6.07, 6.45) is 11.7. The normalized spacial score (nSPS) is 27.2. The average Bonchev–Trinajstić information content (AvgIpc) is 2.77. The van der Waals surface area contributed by atoms with E-state index in [1.54, 1.807) is 0 Å². The Morgan fingerprint density at radius 1 is 0.724 bits per heavy atom. The van der Waals surface area contributed by atoms with Gasteiger partial charge in [0.1, 0.15) is 0 Å². The molecule has 2 amide bonds. The van der Waals surface area contributed by atoms with Gasteiger partial charge in [0.2, 0.25) is 0 Å². The molecule has 1 aliphatic carbocycles. The molecule has 166 valence electrons. The number of hydrogen-bond acceptors (Lipinski definition) is 4. The molecular formula is C23H42N4O2. The summed E-state index contributed by atoms with van der Waals surface area (Å²) in [5.41, 5.74) is 0. The summed E-state index contributed by atoms with van der Waals surface area (Å²) in [6.45, 7) is 10.5. The topological polar surface area (TPSA) is 48.1 Å². The standard InChI is InChI=1S/C23H42N4O2/c28-23(27-12-6-21(7-13-27)19-26-14-16-29-17-15-26)24-22-8-10-25(11-9-22)18-20-4-2-1-3-5-20/h20-22H,1-19H2,(H,24,28). The fourth-order valence-corrected chi connectivity index (χ4v) is 5.73. The van der Waals surface area contributed by atoms with E-state index in [1.807, 2.05) is 0 Å². The number of amides is 2. The molecular weight excluding hydrogens is 364 g/mol. The predicted molar refractivity (Wildman–Crippen MR) is 116 cm³/mol. The van der Waals surface area contributed by atoms with Crippen LogP contribution in [0.25, 0.3) is 0 Å². The molecule has 4 fully saturated rings. The summed E-state index contributed by atoms with van der Waals surface area (Å²) < 4.78 is 5.45. The Kier molecular flexibility index (Phi) is 8.08. The van der Waals surface area contributed by atoms with E-state index >= 15 is 0 Å². The highest BCUT2D eigenvalue weighted by molar-refractivity contribution is 5.74. The zero-order valence-electron chi connectivity index (χ0n) is 18.3. The van der Waals surface area contributed by atoms with E-state index in [9.17, 15) is 4.79 Å². The number of ether oxygens (including phenoxy) is 1. The minimum absolute atomic E-state index is 0.181. The van der Waals surface area contributed by atoms with Crippen molar-refractivity contribution in [3.05, 3.63) is 0 Å². The molecule has 0 bridgehead atoms. The average molecular weight is 407 g/mol. The number of carbonyl (C=O) groups is 1. The molecule has 0 aromatic carbocycles. The summed E-state index contributed by atoms with van der Waals surface area (Å²) in [4.78, 5) is 20.0. The minimum atomic E-state index is 0.181. The van der Waals surface area contributed by atoms with Crippen molar-refractivity contribution in [1.82, 2.24) is 20.0 Å². The highest BCUT2D eigenvalue weighted by Gasteiger charge is 2.28. The Bertz CT molecular complexity index is 489. The van der Waals surface area contributed by atoms with Crippen molar-refractivity contribution in [3.8, 4) is 0 Å². The second-order valence-electron chi connectivity index (χ2n) is 9.87. The van der Waals surface area contributed by atoms with Gasteiger partial charge in [-0.25, -0.2) is 4.79 Å². The van der Waals surface area contributed by atoms with Crippen LogP contribution in [0.15, 0.2) is 0 Å². The van der Waals surface area contributed by atoms with Gasteiger partial charge in [0.15, 0.2) is 0 Å². The van der Waals surface area contributed by atoms with Crippen LogP contribution >= 0.6 is 0 Å².